The number of hydrogen-bond acceptors (Lipinski definition) is 3. The molecule has 0 aliphatic carbocycles. The van der Waals surface area contributed by atoms with Crippen LogP contribution in [-0.2, 0) is 0 Å². The summed E-state index contributed by atoms with van der Waals surface area (Å²) in [6.07, 6.45) is 4.03. The maximum atomic E-state index is 9.25. The Balaban J connectivity index is 1.92. The highest BCUT2D eigenvalue weighted by molar-refractivity contribution is 7.19. The van der Waals surface area contributed by atoms with Gasteiger partial charge >= 0.3 is 0 Å². The average Bonchev–Trinajstić information content (AvgIpc) is 2.80. The number of phenolic OH excluding ortho intramolecular Hbond substituents is 1. The van der Waals surface area contributed by atoms with Crippen LogP contribution in [0.25, 0.3) is 22.4 Å². The Hall–Kier alpha value is -2.13. The number of phenols is 1. The largest absolute Gasteiger partial charge is 0.508 e. The van der Waals surface area contributed by atoms with Gasteiger partial charge in [-0.25, -0.2) is 4.98 Å². The summed E-state index contributed by atoms with van der Waals surface area (Å²) in [5.41, 5.74) is 4.69. The van der Waals surface area contributed by atoms with Gasteiger partial charge in [0.15, 0.2) is 0 Å². The van der Waals surface area contributed by atoms with Crippen molar-refractivity contribution < 1.29 is 5.11 Å². The fraction of sp³-hybridized carbons (Fsp3) is 0.118. The third-order valence-electron chi connectivity index (χ3n) is 3.33. The van der Waals surface area contributed by atoms with Crippen LogP contribution in [0.15, 0.2) is 36.4 Å². The summed E-state index contributed by atoms with van der Waals surface area (Å²) in [5, 5.41) is 10.3. The Morgan fingerprint density at radius 1 is 1.00 bits per heavy atom. The number of hydrogen-bond donors (Lipinski definition) is 1. The minimum Gasteiger partial charge on any atom is -0.508 e. The summed E-state index contributed by atoms with van der Waals surface area (Å²) in [7, 11) is 0. The van der Waals surface area contributed by atoms with E-state index in [4.69, 9.17) is 0 Å². The molecule has 100 valence electrons. The fourth-order valence-corrected chi connectivity index (χ4v) is 2.97. The first-order valence-corrected chi connectivity index (χ1v) is 7.28. The van der Waals surface area contributed by atoms with Crippen LogP contribution in [0, 0.1) is 13.8 Å². The first-order chi connectivity index (χ1) is 9.61. The van der Waals surface area contributed by atoms with Gasteiger partial charge in [0.05, 0.1) is 10.2 Å². The van der Waals surface area contributed by atoms with Crippen LogP contribution in [0.1, 0.15) is 21.7 Å². The first-order valence-electron chi connectivity index (χ1n) is 6.47. The molecule has 0 bridgehead atoms. The Labute approximate surface area is 122 Å². The summed E-state index contributed by atoms with van der Waals surface area (Å²) in [4.78, 5) is 4.63. The predicted octanol–water partition coefficient (Wildman–Crippen LogP) is 4.79. The minimum atomic E-state index is 0.285. The number of fused-ring (bicyclic) bond motifs is 1. The molecular weight excluding hydrogens is 266 g/mol. The molecule has 0 saturated carbocycles. The second-order valence-electron chi connectivity index (χ2n) is 4.88. The van der Waals surface area contributed by atoms with Gasteiger partial charge in [0.2, 0.25) is 0 Å². The lowest BCUT2D eigenvalue weighted by Gasteiger charge is -1.96. The summed E-state index contributed by atoms with van der Waals surface area (Å²) in [6.45, 7) is 4.24. The van der Waals surface area contributed by atoms with Crippen LogP contribution < -0.4 is 0 Å². The van der Waals surface area contributed by atoms with Gasteiger partial charge in [-0.05, 0) is 60.9 Å². The monoisotopic (exact) mass is 281 g/mol. The van der Waals surface area contributed by atoms with Crippen molar-refractivity contribution in [3.63, 3.8) is 0 Å². The maximum absolute atomic E-state index is 9.25. The summed E-state index contributed by atoms with van der Waals surface area (Å²) in [6, 6.07) is 11.5. The van der Waals surface area contributed by atoms with E-state index in [1.807, 2.05) is 24.3 Å². The van der Waals surface area contributed by atoms with Gasteiger partial charge in [0.1, 0.15) is 10.8 Å². The van der Waals surface area contributed by atoms with Crippen LogP contribution in [0.2, 0.25) is 0 Å². The Morgan fingerprint density at radius 2 is 1.70 bits per heavy atom. The molecule has 1 N–H and O–H groups in total. The summed E-state index contributed by atoms with van der Waals surface area (Å²) < 4.78 is 1.22. The van der Waals surface area contributed by atoms with Crippen LogP contribution in [0.4, 0.5) is 0 Å². The van der Waals surface area contributed by atoms with Crippen molar-refractivity contribution in [3.05, 3.63) is 58.1 Å². The molecule has 20 heavy (non-hydrogen) atoms. The zero-order valence-electron chi connectivity index (χ0n) is 11.4. The van der Waals surface area contributed by atoms with Gasteiger partial charge in [-0.3, -0.25) is 0 Å². The second kappa shape index (κ2) is 5.10. The Kier molecular flexibility index (Phi) is 3.28. The molecule has 2 nitrogen and oxygen atoms in total. The molecule has 3 rings (SSSR count). The second-order valence-corrected chi connectivity index (χ2v) is 5.94. The SMILES string of the molecule is Cc1cc2nc(/C=C/c3ccc(O)cc3)sc2cc1C. The van der Waals surface area contributed by atoms with E-state index in [1.54, 1.807) is 23.5 Å². The molecule has 0 unspecified atom stereocenters. The molecule has 0 aliphatic heterocycles. The van der Waals surface area contributed by atoms with Gasteiger partial charge in [-0.2, -0.15) is 0 Å². The van der Waals surface area contributed by atoms with E-state index in [0.717, 1.165) is 16.1 Å². The standard InChI is InChI=1S/C17H15NOS/c1-11-9-15-16(10-12(11)2)20-17(18-15)8-5-13-3-6-14(19)7-4-13/h3-10,19H,1-2H3/b8-5+. The molecule has 2 aromatic carbocycles. The number of benzene rings is 2. The minimum absolute atomic E-state index is 0.285. The summed E-state index contributed by atoms with van der Waals surface area (Å²) in [5.74, 6) is 0.285. The number of nitrogens with zero attached hydrogens (tertiary/aromatic N) is 1. The van der Waals surface area contributed by atoms with Gasteiger partial charge in [-0.15, -0.1) is 11.3 Å². The molecule has 1 aromatic heterocycles. The third kappa shape index (κ3) is 2.58. The molecule has 0 amide bonds. The van der Waals surface area contributed by atoms with Crippen LogP contribution >= 0.6 is 11.3 Å². The van der Waals surface area contributed by atoms with E-state index in [0.29, 0.717) is 0 Å². The molecule has 0 spiro atoms. The highest BCUT2D eigenvalue weighted by Gasteiger charge is 2.03. The molecule has 0 aliphatic rings. The maximum Gasteiger partial charge on any atom is 0.117 e. The van der Waals surface area contributed by atoms with Crippen molar-refractivity contribution in [2.75, 3.05) is 0 Å². The fourth-order valence-electron chi connectivity index (χ4n) is 2.02. The van der Waals surface area contributed by atoms with Crippen LogP contribution in [0.5, 0.6) is 5.75 Å². The van der Waals surface area contributed by atoms with Gasteiger partial charge in [0.25, 0.3) is 0 Å². The number of rotatable bonds is 2. The Bertz CT molecular complexity index is 746. The van der Waals surface area contributed by atoms with Crippen molar-refractivity contribution in [1.29, 1.82) is 0 Å². The molecule has 3 heteroatoms. The van der Waals surface area contributed by atoms with Crippen LogP contribution in [0.3, 0.4) is 0 Å². The quantitative estimate of drug-likeness (QED) is 0.732. The zero-order chi connectivity index (χ0) is 14.1. The lowest BCUT2D eigenvalue weighted by Crippen LogP contribution is -1.79. The molecule has 0 radical (unpaired) electrons. The zero-order valence-corrected chi connectivity index (χ0v) is 12.2. The predicted molar refractivity (Wildman–Crippen MR) is 86.1 cm³/mol. The van der Waals surface area contributed by atoms with Crippen molar-refractivity contribution >= 4 is 33.7 Å². The number of aryl methyl sites for hydroxylation is 2. The summed E-state index contributed by atoms with van der Waals surface area (Å²) >= 11 is 1.70. The highest BCUT2D eigenvalue weighted by Crippen LogP contribution is 2.26. The molecule has 3 aromatic rings. The van der Waals surface area contributed by atoms with Crippen molar-refractivity contribution in [2.24, 2.45) is 0 Å². The van der Waals surface area contributed by atoms with Crippen LogP contribution in [-0.4, -0.2) is 10.1 Å². The smallest absolute Gasteiger partial charge is 0.117 e. The Morgan fingerprint density at radius 3 is 2.45 bits per heavy atom. The normalized spacial score (nSPS) is 11.5. The molecule has 0 fully saturated rings. The number of aromatic nitrogens is 1. The van der Waals surface area contributed by atoms with E-state index >= 15 is 0 Å². The van der Waals surface area contributed by atoms with E-state index in [2.05, 4.69) is 31.0 Å². The topological polar surface area (TPSA) is 33.1 Å². The molecule has 0 saturated heterocycles. The highest BCUT2D eigenvalue weighted by atomic mass is 32.1. The van der Waals surface area contributed by atoms with E-state index in [9.17, 15) is 5.11 Å². The van der Waals surface area contributed by atoms with Crippen molar-refractivity contribution in [1.82, 2.24) is 4.98 Å². The van der Waals surface area contributed by atoms with E-state index < -0.39 is 0 Å². The van der Waals surface area contributed by atoms with Gasteiger partial charge in [0, 0.05) is 0 Å². The number of aromatic hydroxyl groups is 1. The van der Waals surface area contributed by atoms with Crippen molar-refractivity contribution in [3.8, 4) is 5.75 Å². The molecule has 0 atom stereocenters. The van der Waals surface area contributed by atoms with E-state index in [1.165, 1.54) is 15.8 Å². The molecule has 1 heterocycles. The third-order valence-corrected chi connectivity index (χ3v) is 4.32. The number of thiazole rings is 1. The molecular formula is C17H15NOS. The van der Waals surface area contributed by atoms with Gasteiger partial charge < -0.3 is 5.11 Å². The van der Waals surface area contributed by atoms with E-state index in [-0.39, 0.29) is 5.75 Å². The van der Waals surface area contributed by atoms with Crippen molar-refractivity contribution in [2.45, 2.75) is 13.8 Å². The first kappa shape index (κ1) is 12.9. The lowest BCUT2D eigenvalue weighted by atomic mass is 10.1. The van der Waals surface area contributed by atoms with Gasteiger partial charge in [-0.1, -0.05) is 18.2 Å². The lowest BCUT2D eigenvalue weighted by molar-refractivity contribution is 0.475. The average molecular weight is 281 g/mol.